The molecule has 0 saturated carbocycles. The van der Waals surface area contributed by atoms with Gasteiger partial charge in [0.1, 0.15) is 16.7 Å². The van der Waals surface area contributed by atoms with Crippen LogP contribution < -0.4 is 4.90 Å². The molecule has 1 N–H and O–H groups in total. The van der Waals surface area contributed by atoms with Gasteiger partial charge in [-0.3, -0.25) is 4.68 Å². The first-order valence-electron chi connectivity index (χ1n) is 10.3. The summed E-state index contributed by atoms with van der Waals surface area (Å²) in [5.41, 5.74) is 5.90. The van der Waals surface area contributed by atoms with Crippen LogP contribution in [0.15, 0.2) is 24.3 Å². The molecule has 0 spiro atoms. The molecule has 1 aliphatic heterocycles. The van der Waals surface area contributed by atoms with Gasteiger partial charge in [-0.05, 0) is 51.5 Å². The minimum Gasteiger partial charge on any atom is -0.475 e. The highest BCUT2D eigenvalue weighted by Gasteiger charge is 2.38. The minimum atomic E-state index is -5.08. The van der Waals surface area contributed by atoms with E-state index in [4.69, 9.17) is 43.2 Å². The van der Waals surface area contributed by atoms with Gasteiger partial charge >= 0.3 is 12.1 Å². The van der Waals surface area contributed by atoms with E-state index in [-0.39, 0.29) is 0 Å². The lowest BCUT2D eigenvalue weighted by Crippen LogP contribution is -2.45. The van der Waals surface area contributed by atoms with Crippen molar-refractivity contribution in [1.82, 2.24) is 14.8 Å². The van der Waals surface area contributed by atoms with Crippen molar-refractivity contribution in [2.75, 3.05) is 4.90 Å². The molecule has 4 rings (SSSR count). The molecule has 1 atom stereocenters. The van der Waals surface area contributed by atoms with E-state index < -0.39 is 12.1 Å². The molecule has 0 unspecified atom stereocenters. The number of alkyl halides is 3. The maximum atomic E-state index is 10.6. The number of nitrogens with zero attached hydrogens (tertiary/aromatic N) is 4. The van der Waals surface area contributed by atoms with Gasteiger partial charge in [-0.1, -0.05) is 30.1 Å². The average molecular weight is 503 g/mol. The monoisotopic (exact) mass is 502 g/mol. The highest BCUT2D eigenvalue weighted by Crippen LogP contribution is 2.40. The van der Waals surface area contributed by atoms with E-state index in [1.807, 2.05) is 19.1 Å². The number of aromatic nitrogens is 3. The third-order valence-corrected chi connectivity index (χ3v) is 5.86. The van der Waals surface area contributed by atoms with E-state index in [0.29, 0.717) is 22.1 Å². The molecule has 0 aliphatic carbocycles. The number of carbonyl (C=O) groups is 1. The van der Waals surface area contributed by atoms with Crippen molar-refractivity contribution in [2.24, 2.45) is 0 Å². The lowest BCUT2D eigenvalue weighted by atomic mass is 10.0. The van der Waals surface area contributed by atoms with Gasteiger partial charge in [0.2, 0.25) is 0 Å². The highest BCUT2D eigenvalue weighted by atomic mass is 35.5. The molecule has 6 nitrogen and oxygen atoms in total. The number of carboxylic acids is 1. The van der Waals surface area contributed by atoms with Gasteiger partial charge in [0, 0.05) is 28.4 Å². The summed E-state index contributed by atoms with van der Waals surface area (Å²) in [6, 6.07) is 8.54. The van der Waals surface area contributed by atoms with Crippen molar-refractivity contribution in [1.29, 1.82) is 0 Å². The van der Waals surface area contributed by atoms with E-state index in [9.17, 15) is 13.2 Å². The topological polar surface area (TPSA) is 71.2 Å². The van der Waals surface area contributed by atoms with Gasteiger partial charge in [-0.2, -0.15) is 18.3 Å². The first kappa shape index (κ1) is 25.1. The van der Waals surface area contributed by atoms with Crippen LogP contribution in [0.1, 0.15) is 32.9 Å². The SMILES string of the molecule is CC[C@H]1Cn2nc(-c3ccc(Cl)cc3Cl)c3nc(C)cc(c32)N1C(C)C.O=C(O)C(F)(F)F. The highest BCUT2D eigenvalue weighted by molar-refractivity contribution is 6.36. The Morgan fingerprint density at radius 3 is 2.42 bits per heavy atom. The second kappa shape index (κ2) is 9.38. The van der Waals surface area contributed by atoms with Crippen molar-refractivity contribution in [3.05, 3.63) is 40.0 Å². The summed E-state index contributed by atoms with van der Waals surface area (Å²) < 4.78 is 33.8. The zero-order valence-corrected chi connectivity index (χ0v) is 19.9. The van der Waals surface area contributed by atoms with Crippen molar-refractivity contribution in [2.45, 2.75) is 58.9 Å². The Balaban J connectivity index is 0.000000383. The summed E-state index contributed by atoms with van der Waals surface area (Å²) in [5, 5.41) is 13.3. The Bertz CT molecular complexity index is 1190. The van der Waals surface area contributed by atoms with E-state index >= 15 is 0 Å². The van der Waals surface area contributed by atoms with E-state index in [1.165, 1.54) is 5.69 Å². The maximum Gasteiger partial charge on any atom is 0.490 e. The fraction of sp³-hybridized carbons (Fsp3) is 0.409. The zero-order chi connectivity index (χ0) is 24.7. The number of aryl methyl sites for hydroxylation is 1. The largest absolute Gasteiger partial charge is 0.490 e. The fourth-order valence-electron chi connectivity index (χ4n) is 3.99. The first-order chi connectivity index (χ1) is 15.3. The molecule has 0 radical (unpaired) electrons. The Hall–Kier alpha value is -2.52. The van der Waals surface area contributed by atoms with Gasteiger partial charge in [-0.25, -0.2) is 9.78 Å². The van der Waals surface area contributed by atoms with Gasteiger partial charge in [0.15, 0.2) is 0 Å². The molecule has 1 aliphatic rings. The van der Waals surface area contributed by atoms with Gasteiger partial charge < -0.3 is 10.0 Å². The number of carboxylic acid groups (broad SMARTS) is 1. The molecule has 0 fully saturated rings. The Kier molecular flexibility index (Phi) is 7.14. The average Bonchev–Trinajstić information content (AvgIpc) is 3.05. The molecule has 0 amide bonds. The minimum absolute atomic E-state index is 0.413. The molecule has 178 valence electrons. The standard InChI is InChI=1S/C20H22Cl2N4.C2HF3O2/c1-5-14-10-25-20-17(26(14)11(2)3)8-12(4)23-19(20)18(24-25)15-7-6-13(21)9-16(15)22;3-2(4,5)1(6)7/h6-9,11,14H,5,10H2,1-4H3;(H,6,7)/t14-;/m0./s1. The van der Waals surface area contributed by atoms with Crippen LogP contribution >= 0.6 is 23.2 Å². The van der Waals surface area contributed by atoms with Crippen molar-refractivity contribution < 1.29 is 23.1 Å². The van der Waals surface area contributed by atoms with Crippen LogP contribution in [0.4, 0.5) is 18.9 Å². The number of halogens is 5. The Labute approximate surface area is 198 Å². The van der Waals surface area contributed by atoms with Crippen LogP contribution in [0.3, 0.4) is 0 Å². The lowest BCUT2D eigenvalue weighted by molar-refractivity contribution is -0.192. The molecular formula is C22H23Cl2F3N4O2. The second-order valence-corrected chi connectivity index (χ2v) is 8.84. The normalized spacial score (nSPS) is 15.6. The molecule has 3 heterocycles. The van der Waals surface area contributed by atoms with Crippen molar-refractivity contribution in [3.63, 3.8) is 0 Å². The van der Waals surface area contributed by atoms with Crippen molar-refractivity contribution >= 4 is 45.9 Å². The third-order valence-electron chi connectivity index (χ3n) is 5.32. The van der Waals surface area contributed by atoms with Crippen LogP contribution in [0, 0.1) is 6.92 Å². The van der Waals surface area contributed by atoms with Crippen LogP contribution in [-0.4, -0.2) is 44.1 Å². The summed E-state index contributed by atoms with van der Waals surface area (Å²) in [6.07, 6.45) is -4.02. The molecule has 2 aromatic heterocycles. The summed E-state index contributed by atoms with van der Waals surface area (Å²) in [5.74, 6) is -2.76. The molecule has 33 heavy (non-hydrogen) atoms. The Morgan fingerprint density at radius 1 is 1.27 bits per heavy atom. The molecule has 0 saturated heterocycles. The fourth-order valence-corrected chi connectivity index (χ4v) is 4.49. The van der Waals surface area contributed by atoms with Gasteiger partial charge in [0.25, 0.3) is 0 Å². The number of hydrogen-bond acceptors (Lipinski definition) is 4. The number of hydrogen-bond donors (Lipinski definition) is 1. The van der Waals surface area contributed by atoms with Gasteiger partial charge in [-0.15, -0.1) is 0 Å². The summed E-state index contributed by atoms with van der Waals surface area (Å²) in [4.78, 5) is 16.2. The molecular weight excluding hydrogens is 480 g/mol. The summed E-state index contributed by atoms with van der Waals surface area (Å²) in [7, 11) is 0. The first-order valence-corrected chi connectivity index (χ1v) is 11.0. The quantitative estimate of drug-likeness (QED) is 0.451. The van der Waals surface area contributed by atoms with Crippen LogP contribution in [0.2, 0.25) is 10.0 Å². The van der Waals surface area contributed by atoms with E-state index in [2.05, 4.69) is 36.4 Å². The summed E-state index contributed by atoms with van der Waals surface area (Å²) in [6.45, 7) is 9.61. The maximum absolute atomic E-state index is 10.6. The molecule has 0 bridgehead atoms. The smallest absolute Gasteiger partial charge is 0.475 e. The van der Waals surface area contributed by atoms with Crippen LogP contribution in [0.25, 0.3) is 22.3 Å². The predicted molar refractivity (Wildman–Crippen MR) is 123 cm³/mol. The number of pyridine rings is 1. The third kappa shape index (κ3) is 5.04. The van der Waals surface area contributed by atoms with Crippen LogP contribution in [-0.2, 0) is 11.3 Å². The van der Waals surface area contributed by atoms with E-state index in [0.717, 1.165) is 41.0 Å². The molecule has 3 aromatic rings. The summed E-state index contributed by atoms with van der Waals surface area (Å²) >= 11 is 12.6. The Morgan fingerprint density at radius 2 is 1.91 bits per heavy atom. The second-order valence-electron chi connectivity index (χ2n) is 8.00. The number of benzene rings is 1. The lowest BCUT2D eigenvalue weighted by Gasteiger charge is -2.40. The molecule has 1 aromatic carbocycles. The van der Waals surface area contributed by atoms with Crippen molar-refractivity contribution in [3.8, 4) is 11.3 Å². The van der Waals surface area contributed by atoms with Crippen LogP contribution in [0.5, 0.6) is 0 Å². The zero-order valence-electron chi connectivity index (χ0n) is 18.4. The number of anilines is 1. The predicted octanol–water partition coefficient (Wildman–Crippen LogP) is 6.35. The number of aliphatic carboxylic acids is 1. The molecule has 11 heteroatoms. The van der Waals surface area contributed by atoms with Gasteiger partial charge in [0.05, 0.1) is 17.3 Å². The number of rotatable bonds is 3. The van der Waals surface area contributed by atoms with E-state index in [1.54, 1.807) is 6.07 Å².